The minimum absolute atomic E-state index is 0.137. The van der Waals surface area contributed by atoms with Gasteiger partial charge in [0.25, 0.3) is 5.56 Å². The third-order valence-corrected chi connectivity index (χ3v) is 2.20. The summed E-state index contributed by atoms with van der Waals surface area (Å²) >= 11 is 0. The summed E-state index contributed by atoms with van der Waals surface area (Å²) in [5, 5.41) is 0. The Morgan fingerprint density at radius 2 is 2.27 bits per heavy atom. The molecule has 1 aromatic heterocycles. The lowest BCUT2D eigenvalue weighted by molar-refractivity contribution is -0.135. The predicted molar refractivity (Wildman–Crippen MR) is 57.4 cm³/mol. The highest BCUT2D eigenvalue weighted by molar-refractivity contribution is 5.42. The number of nitrogens with zero attached hydrogens (tertiary/aromatic N) is 1. The second-order valence-corrected chi connectivity index (χ2v) is 3.29. The summed E-state index contributed by atoms with van der Waals surface area (Å²) in [6.45, 7) is 3.68. The predicted octanol–water partition coefficient (Wildman–Crippen LogP) is 0.705. The topological polar surface area (TPSA) is 66.5 Å². The SMILES string of the molecule is COC(C)OCn1ccc(C)c(N)c1=O. The van der Waals surface area contributed by atoms with Gasteiger partial charge in [-0.05, 0) is 25.5 Å². The van der Waals surface area contributed by atoms with Crippen LogP contribution in [0.1, 0.15) is 12.5 Å². The Kier molecular flexibility index (Phi) is 3.88. The number of aryl methyl sites for hydroxylation is 1. The number of aromatic nitrogens is 1. The Labute approximate surface area is 88.4 Å². The molecule has 5 nitrogen and oxygen atoms in total. The molecule has 84 valence electrons. The maximum absolute atomic E-state index is 11.6. The van der Waals surface area contributed by atoms with Crippen LogP contribution in [-0.4, -0.2) is 18.0 Å². The highest BCUT2D eigenvalue weighted by Crippen LogP contribution is 2.03. The van der Waals surface area contributed by atoms with E-state index in [1.165, 1.54) is 11.7 Å². The molecule has 1 unspecified atom stereocenters. The summed E-state index contributed by atoms with van der Waals surface area (Å²) < 4.78 is 11.5. The van der Waals surface area contributed by atoms with Crippen molar-refractivity contribution in [3.05, 3.63) is 28.2 Å². The number of anilines is 1. The molecule has 5 heteroatoms. The van der Waals surface area contributed by atoms with Crippen molar-refractivity contribution in [1.82, 2.24) is 4.57 Å². The Morgan fingerprint density at radius 1 is 1.60 bits per heavy atom. The van der Waals surface area contributed by atoms with Crippen molar-refractivity contribution in [2.24, 2.45) is 0 Å². The molecule has 0 spiro atoms. The lowest BCUT2D eigenvalue weighted by Crippen LogP contribution is -2.26. The fraction of sp³-hybridized carbons (Fsp3) is 0.500. The number of hydrogen-bond acceptors (Lipinski definition) is 4. The normalized spacial score (nSPS) is 12.7. The van der Waals surface area contributed by atoms with Crippen LogP contribution in [0.25, 0.3) is 0 Å². The number of nitrogens with two attached hydrogens (primary N) is 1. The molecule has 1 aromatic rings. The van der Waals surface area contributed by atoms with Crippen LogP contribution < -0.4 is 11.3 Å². The lowest BCUT2D eigenvalue weighted by atomic mass is 10.2. The van der Waals surface area contributed by atoms with E-state index in [2.05, 4.69) is 0 Å². The monoisotopic (exact) mass is 212 g/mol. The number of hydrogen-bond donors (Lipinski definition) is 1. The van der Waals surface area contributed by atoms with Crippen LogP contribution in [0.4, 0.5) is 5.69 Å². The van der Waals surface area contributed by atoms with E-state index in [0.29, 0.717) is 0 Å². The second kappa shape index (κ2) is 4.95. The van der Waals surface area contributed by atoms with Gasteiger partial charge in [-0.2, -0.15) is 0 Å². The van der Waals surface area contributed by atoms with Crippen molar-refractivity contribution in [2.45, 2.75) is 26.9 Å². The van der Waals surface area contributed by atoms with Gasteiger partial charge in [0.1, 0.15) is 12.4 Å². The zero-order chi connectivity index (χ0) is 11.4. The van der Waals surface area contributed by atoms with Gasteiger partial charge in [0.15, 0.2) is 6.29 Å². The number of ether oxygens (including phenoxy) is 2. The van der Waals surface area contributed by atoms with Crippen molar-refractivity contribution in [2.75, 3.05) is 12.8 Å². The largest absolute Gasteiger partial charge is 0.394 e. The summed E-state index contributed by atoms with van der Waals surface area (Å²) in [6.07, 6.45) is 1.30. The standard InChI is InChI=1S/C10H16N2O3/c1-7-4-5-12(10(13)9(7)11)6-15-8(2)14-3/h4-5,8H,6,11H2,1-3H3. The molecule has 0 aromatic carbocycles. The van der Waals surface area contributed by atoms with E-state index in [0.717, 1.165) is 5.56 Å². The molecule has 0 aliphatic carbocycles. The van der Waals surface area contributed by atoms with Crippen molar-refractivity contribution in [1.29, 1.82) is 0 Å². The van der Waals surface area contributed by atoms with Gasteiger partial charge in [0.05, 0.1) is 0 Å². The van der Waals surface area contributed by atoms with Gasteiger partial charge >= 0.3 is 0 Å². The number of rotatable bonds is 4. The summed E-state index contributed by atoms with van der Waals surface area (Å²) in [5.74, 6) is 0. The van der Waals surface area contributed by atoms with E-state index in [4.69, 9.17) is 15.2 Å². The van der Waals surface area contributed by atoms with Crippen LogP contribution in [0.15, 0.2) is 17.1 Å². The summed E-state index contributed by atoms with van der Waals surface area (Å²) in [6, 6.07) is 1.78. The summed E-state index contributed by atoms with van der Waals surface area (Å²) in [4.78, 5) is 11.6. The Bertz CT molecular complexity index is 387. The van der Waals surface area contributed by atoms with Crippen molar-refractivity contribution in [3.63, 3.8) is 0 Å². The third kappa shape index (κ3) is 2.81. The first kappa shape index (κ1) is 11.7. The van der Waals surface area contributed by atoms with Crippen LogP contribution in [0, 0.1) is 6.92 Å². The third-order valence-electron chi connectivity index (χ3n) is 2.20. The average Bonchev–Trinajstić information content (AvgIpc) is 2.24. The Hall–Kier alpha value is -1.33. The molecule has 0 saturated heterocycles. The van der Waals surface area contributed by atoms with Crippen LogP contribution in [0.3, 0.4) is 0 Å². The van der Waals surface area contributed by atoms with Gasteiger partial charge in [0.2, 0.25) is 0 Å². The fourth-order valence-electron chi connectivity index (χ4n) is 1.04. The molecule has 1 rings (SSSR count). The fourth-order valence-corrected chi connectivity index (χ4v) is 1.04. The molecule has 0 radical (unpaired) electrons. The summed E-state index contributed by atoms with van der Waals surface area (Å²) in [5.41, 5.74) is 6.39. The van der Waals surface area contributed by atoms with E-state index in [1.807, 2.05) is 0 Å². The average molecular weight is 212 g/mol. The Balaban J connectivity index is 2.79. The zero-order valence-electron chi connectivity index (χ0n) is 9.19. The van der Waals surface area contributed by atoms with Gasteiger partial charge < -0.3 is 15.2 Å². The van der Waals surface area contributed by atoms with Crippen molar-refractivity contribution in [3.8, 4) is 0 Å². The number of methoxy groups -OCH3 is 1. The smallest absolute Gasteiger partial charge is 0.275 e. The van der Waals surface area contributed by atoms with E-state index in [9.17, 15) is 4.79 Å². The molecule has 1 atom stereocenters. The van der Waals surface area contributed by atoms with E-state index in [-0.39, 0.29) is 24.3 Å². The summed E-state index contributed by atoms with van der Waals surface area (Å²) in [7, 11) is 1.54. The van der Waals surface area contributed by atoms with E-state index >= 15 is 0 Å². The minimum atomic E-state index is -0.348. The highest BCUT2D eigenvalue weighted by Gasteiger charge is 2.04. The van der Waals surface area contributed by atoms with Crippen LogP contribution in [-0.2, 0) is 16.2 Å². The quantitative estimate of drug-likeness (QED) is 0.746. The van der Waals surface area contributed by atoms with E-state index in [1.54, 1.807) is 26.1 Å². The first-order valence-electron chi connectivity index (χ1n) is 4.66. The number of pyridine rings is 1. The molecule has 0 bridgehead atoms. The minimum Gasteiger partial charge on any atom is -0.394 e. The molecule has 2 N–H and O–H groups in total. The molecule has 15 heavy (non-hydrogen) atoms. The maximum atomic E-state index is 11.6. The second-order valence-electron chi connectivity index (χ2n) is 3.29. The molecular formula is C10H16N2O3. The molecule has 0 fully saturated rings. The molecule has 0 aliphatic heterocycles. The maximum Gasteiger partial charge on any atom is 0.275 e. The molecular weight excluding hydrogens is 196 g/mol. The van der Waals surface area contributed by atoms with Crippen molar-refractivity contribution >= 4 is 5.69 Å². The van der Waals surface area contributed by atoms with Crippen molar-refractivity contribution < 1.29 is 9.47 Å². The Morgan fingerprint density at radius 3 is 2.87 bits per heavy atom. The highest BCUT2D eigenvalue weighted by atomic mass is 16.7. The van der Waals surface area contributed by atoms with Gasteiger partial charge in [-0.25, -0.2) is 0 Å². The van der Waals surface area contributed by atoms with Gasteiger partial charge in [-0.15, -0.1) is 0 Å². The molecule has 1 heterocycles. The van der Waals surface area contributed by atoms with E-state index < -0.39 is 0 Å². The van der Waals surface area contributed by atoms with Gasteiger partial charge in [-0.1, -0.05) is 0 Å². The molecule has 0 aliphatic rings. The van der Waals surface area contributed by atoms with Gasteiger partial charge in [-0.3, -0.25) is 9.36 Å². The van der Waals surface area contributed by atoms with Crippen LogP contribution in [0.2, 0.25) is 0 Å². The first-order valence-corrected chi connectivity index (χ1v) is 4.66. The molecule has 0 amide bonds. The number of nitrogen functional groups attached to an aromatic ring is 1. The first-order chi connectivity index (χ1) is 7.06. The lowest BCUT2D eigenvalue weighted by Gasteiger charge is -2.13. The van der Waals surface area contributed by atoms with Gasteiger partial charge in [0, 0.05) is 13.3 Å². The van der Waals surface area contributed by atoms with Crippen LogP contribution >= 0.6 is 0 Å². The molecule has 0 saturated carbocycles. The zero-order valence-corrected chi connectivity index (χ0v) is 9.19. The van der Waals surface area contributed by atoms with Crippen LogP contribution in [0.5, 0.6) is 0 Å².